The Hall–Kier alpha value is -3.17. The smallest absolute Gasteiger partial charge is 0.222 e. The van der Waals surface area contributed by atoms with Crippen molar-refractivity contribution in [2.24, 2.45) is 5.92 Å². The lowest BCUT2D eigenvalue weighted by molar-refractivity contribution is -0.135. The first-order chi connectivity index (χ1) is 19.3. The van der Waals surface area contributed by atoms with Crippen LogP contribution in [0.15, 0.2) is 30.3 Å². The molecule has 9 heteroatoms. The maximum Gasteiger partial charge on any atom is 0.222 e. The Labute approximate surface area is 235 Å². The predicted molar refractivity (Wildman–Crippen MR) is 148 cm³/mol. The van der Waals surface area contributed by atoms with Gasteiger partial charge in [0, 0.05) is 25.9 Å². The first-order valence-electron chi connectivity index (χ1n) is 14.4. The van der Waals surface area contributed by atoms with Gasteiger partial charge in [-0.3, -0.25) is 4.79 Å². The van der Waals surface area contributed by atoms with Crippen molar-refractivity contribution < 1.29 is 39.1 Å². The van der Waals surface area contributed by atoms with Gasteiger partial charge in [-0.15, -0.1) is 0 Å². The van der Waals surface area contributed by atoms with Crippen LogP contribution < -0.4 is 14.2 Å². The summed E-state index contributed by atoms with van der Waals surface area (Å²) < 4.78 is 23.4. The lowest BCUT2D eigenvalue weighted by Crippen LogP contribution is -2.42. The van der Waals surface area contributed by atoms with E-state index >= 15 is 0 Å². The number of benzene rings is 2. The summed E-state index contributed by atoms with van der Waals surface area (Å²) in [5.41, 5.74) is 1.79. The van der Waals surface area contributed by atoms with Gasteiger partial charge >= 0.3 is 0 Å². The van der Waals surface area contributed by atoms with Crippen molar-refractivity contribution in [2.45, 2.75) is 82.2 Å². The molecule has 40 heavy (non-hydrogen) atoms. The highest BCUT2D eigenvalue weighted by Gasteiger charge is 2.33. The third kappa shape index (κ3) is 6.58. The van der Waals surface area contributed by atoms with E-state index in [2.05, 4.69) is 0 Å². The van der Waals surface area contributed by atoms with Crippen LogP contribution in [0.1, 0.15) is 68.6 Å². The quantitative estimate of drug-likeness (QED) is 0.392. The van der Waals surface area contributed by atoms with Gasteiger partial charge in [0.1, 0.15) is 0 Å². The zero-order chi connectivity index (χ0) is 28.2. The van der Waals surface area contributed by atoms with Gasteiger partial charge in [-0.1, -0.05) is 6.07 Å². The molecule has 0 spiro atoms. The zero-order valence-electron chi connectivity index (χ0n) is 23.4. The summed E-state index contributed by atoms with van der Waals surface area (Å²) in [6, 6.07) is 8.83. The van der Waals surface area contributed by atoms with Crippen LogP contribution in [0.2, 0.25) is 0 Å². The number of aliphatic hydroxyl groups is 1. The number of likely N-dealkylation sites (tertiary alicyclic amines) is 1. The fourth-order valence-electron chi connectivity index (χ4n) is 6.07. The Morgan fingerprint density at radius 3 is 2.50 bits per heavy atom. The first-order valence-corrected chi connectivity index (χ1v) is 14.4. The number of phenols is 2. The molecule has 5 atom stereocenters. The number of aryl methyl sites for hydroxylation is 1. The van der Waals surface area contributed by atoms with Crippen molar-refractivity contribution in [1.82, 2.24) is 4.90 Å². The molecule has 0 aromatic heterocycles. The van der Waals surface area contributed by atoms with Crippen LogP contribution in [-0.2, 0) is 16.0 Å². The molecule has 1 amide bonds. The van der Waals surface area contributed by atoms with Gasteiger partial charge in [0.25, 0.3) is 0 Å². The summed E-state index contributed by atoms with van der Waals surface area (Å²) in [7, 11) is 3.02. The van der Waals surface area contributed by atoms with Crippen LogP contribution in [0, 0.1) is 5.92 Å². The molecule has 3 aliphatic rings. The summed E-state index contributed by atoms with van der Waals surface area (Å²) in [5.74, 6) is 1.63. The molecule has 2 aromatic carbocycles. The Morgan fingerprint density at radius 1 is 1.00 bits per heavy atom. The fraction of sp³-hybridized carbons (Fsp3) is 0.581. The third-order valence-corrected chi connectivity index (χ3v) is 8.49. The summed E-state index contributed by atoms with van der Waals surface area (Å²) in [6.07, 6.45) is 5.37. The lowest BCUT2D eigenvalue weighted by atomic mass is 9.93. The predicted octanol–water partition coefficient (Wildman–Crippen LogP) is 4.50. The minimum atomic E-state index is -0.526. The van der Waals surface area contributed by atoms with E-state index in [9.17, 15) is 20.1 Å². The highest BCUT2D eigenvalue weighted by Crippen LogP contribution is 2.44. The Morgan fingerprint density at radius 2 is 1.77 bits per heavy atom. The monoisotopic (exact) mass is 555 g/mol. The van der Waals surface area contributed by atoms with E-state index in [0.717, 1.165) is 49.9 Å². The van der Waals surface area contributed by atoms with E-state index in [4.69, 9.17) is 18.9 Å². The molecular weight excluding hydrogens is 514 g/mol. The SMILES string of the molecule is COc1cc(CCC2CC(O)CC(c3cc(OC)c(O)c(OC4CCC(CC(=O)N5CCC5)C4)c3)O2)ccc1O. The molecule has 218 valence electrons. The van der Waals surface area contributed by atoms with Crippen molar-refractivity contribution in [3.63, 3.8) is 0 Å². The molecule has 5 unspecified atom stereocenters. The number of methoxy groups -OCH3 is 2. The second-order valence-electron chi connectivity index (χ2n) is 11.3. The fourth-order valence-corrected chi connectivity index (χ4v) is 6.07. The number of nitrogens with zero attached hydrogens (tertiary/aromatic N) is 1. The minimum Gasteiger partial charge on any atom is -0.504 e. The van der Waals surface area contributed by atoms with Crippen molar-refractivity contribution in [2.75, 3.05) is 27.3 Å². The number of carbonyl (C=O) groups is 1. The van der Waals surface area contributed by atoms with Crippen LogP contribution in [0.25, 0.3) is 0 Å². The van der Waals surface area contributed by atoms with Crippen molar-refractivity contribution >= 4 is 5.91 Å². The second-order valence-corrected chi connectivity index (χ2v) is 11.3. The molecule has 2 aliphatic heterocycles. The summed E-state index contributed by atoms with van der Waals surface area (Å²) >= 11 is 0. The molecular formula is C31H41NO8. The molecule has 1 aliphatic carbocycles. The Kier molecular flexibility index (Phi) is 8.90. The lowest BCUT2D eigenvalue weighted by Gasteiger charge is -2.34. The van der Waals surface area contributed by atoms with Crippen molar-refractivity contribution in [3.05, 3.63) is 41.5 Å². The van der Waals surface area contributed by atoms with Crippen LogP contribution in [0.3, 0.4) is 0 Å². The van der Waals surface area contributed by atoms with E-state index in [0.29, 0.717) is 49.4 Å². The maximum absolute atomic E-state index is 12.4. The summed E-state index contributed by atoms with van der Waals surface area (Å²) in [4.78, 5) is 14.3. The van der Waals surface area contributed by atoms with Crippen molar-refractivity contribution in [3.8, 4) is 28.7 Å². The second kappa shape index (κ2) is 12.6. The number of hydrogen-bond donors (Lipinski definition) is 3. The van der Waals surface area contributed by atoms with Gasteiger partial charge in [-0.2, -0.15) is 0 Å². The number of aliphatic hydroxyl groups excluding tert-OH is 1. The first kappa shape index (κ1) is 28.4. The van der Waals surface area contributed by atoms with Crippen LogP contribution in [-0.4, -0.2) is 71.7 Å². The normalized spacial score (nSPS) is 26.3. The molecule has 2 heterocycles. The highest BCUT2D eigenvalue weighted by molar-refractivity contribution is 5.77. The number of rotatable bonds is 10. The van der Waals surface area contributed by atoms with Gasteiger partial charge in [-0.05, 0) is 86.3 Å². The molecule has 2 aromatic rings. The summed E-state index contributed by atoms with van der Waals surface area (Å²) in [5, 5.41) is 31.4. The van der Waals surface area contributed by atoms with E-state index in [1.165, 1.54) is 14.2 Å². The molecule has 0 bridgehead atoms. The molecule has 3 fully saturated rings. The Balaban J connectivity index is 1.23. The number of phenolic OH excluding ortho intramolecular Hbond substituents is 2. The highest BCUT2D eigenvalue weighted by atomic mass is 16.5. The Bertz CT molecular complexity index is 1180. The largest absolute Gasteiger partial charge is 0.504 e. The van der Waals surface area contributed by atoms with Gasteiger partial charge in [0.2, 0.25) is 11.7 Å². The van der Waals surface area contributed by atoms with Gasteiger partial charge < -0.3 is 39.2 Å². The third-order valence-electron chi connectivity index (χ3n) is 8.49. The molecule has 5 rings (SSSR count). The topological polar surface area (TPSA) is 118 Å². The van der Waals surface area contributed by atoms with Gasteiger partial charge in [-0.25, -0.2) is 0 Å². The van der Waals surface area contributed by atoms with Crippen LogP contribution in [0.4, 0.5) is 0 Å². The number of hydrogen-bond acceptors (Lipinski definition) is 8. The molecule has 3 N–H and O–H groups in total. The average Bonchev–Trinajstić information content (AvgIpc) is 3.34. The zero-order valence-corrected chi connectivity index (χ0v) is 23.4. The molecule has 2 saturated heterocycles. The number of carbonyl (C=O) groups excluding carboxylic acids is 1. The number of amides is 1. The van der Waals surface area contributed by atoms with E-state index in [-0.39, 0.29) is 41.6 Å². The van der Waals surface area contributed by atoms with Crippen LogP contribution in [0.5, 0.6) is 28.7 Å². The van der Waals surface area contributed by atoms with E-state index in [1.54, 1.807) is 18.2 Å². The number of aromatic hydroxyl groups is 2. The average molecular weight is 556 g/mol. The van der Waals surface area contributed by atoms with Gasteiger partial charge in [0.15, 0.2) is 23.0 Å². The van der Waals surface area contributed by atoms with E-state index in [1.807, 2.05) is 17.0 Å². The molecule has 9 nitrogen and oxygen atoms in total. The standard InChI is InChI=1S/C31H41NO8/c1-37-27-13-19(6-9-25(27)34)4-7-24-17-22(33)18-26(39-24)21-15-28(38-2)31(36)29(16-21)40-23-8-5-20(12-23)14-30(35)32-10-3-11-32/h6,9,13,15-16,20,22-24,26,33-34,36H,3-5,7-8,10-12,14,17-18H2,1-2H3. The number of ether oxygens (including phenoxy) is 4. The van der Waals surface area contributed by atoms with Crippen molar-refractivity contribution in [1.29, 1.82) is 0 Å². The minimum absolute atomic E-state index is 0.0551. The summed E-state index contributed by atoms with van der Waals surface area (Å²) in [6.45, 7) is 1.74. The molecule has 0 radical (unpaired) electrons. The van der Waals surface area contributed by atoms with E-state index < -0.39 is 6.10 Å². The van der Waals surface area contributed by atoms with Crippen LogP contribution >= 0.6 is 0 Å². The van der Waals surface area contributed by atoms with Gasteiger partial charge in [0.05, 0.1) is 38.6 Å². The maximum atomic E-state index is 12.4. The molecule has 1 saturated carbocycles.